The summed E-state index contributed by atoms with van der Waals surface area (Å²) >= 11 is 1.43. The minimum absolute atomic E-state index is 0.255. The molecule has 27 heavy (non-hydrogen) atoms. The second-order valence-corrected chi connectivity index (χ2v) is 7.06. The summed E-state index contributed by atoms with van der Waals surface area (Å²) in [6, 6.07) is 12.5. The first-order chi connectivity index (χ1) is 13.0. The molecular formula is C20H16N2O4S. The number of rotatable bonds is 2. The highest BCUT2D eigenvalue weighted by Crippen LogP contribution is 2.37. The number of methoxy groups -OCH3 is 1. The molecule has 0 atom stereocenters. The molecule has 0 fully saturated rings. The van der Waals surface area contributed by atoms with Crippen LogP contribution in [0.25, 0.3) is 21.7 Å². The first-order valence-electron chi connectivity index (χ1n) is 8.32. The zero-order valence-electron chi connectivity index (χ0n) is 14.8. The molecule has 0 bridgehead atoms. The van der Waals surface area contributed by atoms with E-state index in [1.54, 1.807) is 18.2 Å². The second kappa shape index (κ2) is 6.51. The van der Waals surface area contributed by atoms with Crippen molar-refractivity contribution >= 4 is 23.2 Å². The molecule has 0 spiro atoms. The van der Waals surface area contributed by atoms with Crippen molar-refractivity contribution in [2.24, 2.45) is 0 Å². The van der Waals surface area contributed by atoms with Gasteiger partial charge in [0.25, 0.3) is 5.56 Å². The molecule has 2 aromatic heterocycles. The largest absolute Gasteiger partial charge is 0.465 e. The Morgan fingerprint density at radius 1 is 1.15 bits per heavy atom. The molecule has 136 valence electrons. The van der Waals surface area contributed by atoms with Gasteiger partial charge in [-0.3, -0.25) is 9.59 Å². The van der Waals surface area contributed by atoms with Gasteiger partial charge in [-0.05, 0) is 28.6 Å². The first-order valence-corrected chi connectivity index (χ1v) is 9.19. The van der Waals surface area contributed by atoms with Gasteiger partial charge in [0.2, 0.25) is 5.91 Å². The second-order valence-electron chi connectivity index (χ2n) is 6.15. The number of hydrogen-bond acceptors (Lipinski definition) is 5. The van der Waals surface area contributed by atoms with Gasteiger partial charge in [-0.15, -0.1) is 11.3 Å². The summed E-state index contributed by atoms with van der Waals surface area (Å²) < 4.78 is 6.28. The summed E-state index contributed by atoms with van der Waals surface area (Å²) in [6.45, 7) is 1.68. The monoisotopic (exact) mass is 380 g/mol. The van der Waals surface area contributed by atoms with E-state index in [-0.39, 0.29) is 23.6 Å². The minimum atomic E-state index is -0.555. The van der Waals surface area contributed by atoms with Crippen LogP contribution in [-0.2, 0) is 16.1 Å². The van der Waals surface area contributed by atoms with Gasteiger partial charge in [-0.1, -0.05) is 30.3 Å². The Hall–Kier alpha value is -3.19. The van der Waals surface area contributed by atoms with Gasteiger partial charge in [-0.25, -0.2) is 14.5 Å². The molecule has 1 aromatic carbocycles. The fourth-order valence-electron chi connectivity index (χ4n) is 3.30. The molecule has 0 unspecified atom stereocenters. The van der Waals surface area contributed by atoms with Crippen LogP contribution in [0.4, 0.5) is 0 Å². The average molecular weight is 380 g/mol. The van der Waals surface area contributed by atoms with Crippen molar-refractivity contribution in [1.82, 2.24) is 4.68 Å². The SMILES string of the molecule is COC(=O)c1cc(-c2ccccc2)c(=O)n2c1-c1sccc1CN2C(C)=O. The summed E-state index contributed by atoms with van der Waals surface area (Å²) in [4.78, 5) is 39.0. The van der Waals surface area contributed by atoms with E-state index in [0.29, 0.717) is 16.8 Å². The Labute approximate surface area is 159 Å². The molecule has 4 rings (SSSR count). The molecule has 7 heteroatoms. The Balaban J connectivity index is 2.13. The average Bonchev–Trinajstić information content (AvgIpc) is 3.16. The highest BCUT2D eigenvalue weighted by atomic mass is 32.1. The van der Waals surface area contributed by atoms with Crippen LogP contribution in [0, 0.1) is 0 Å². The van der Waals surface area contributed by atoms with Crippen LogP contribution in [0.1, 0.15) is 22.8 Å². The highest BCUT2D eigenvalue weighted by molar-refractivity contribution is 7.13. The zero-order valence-corrected chi connectivity index (χ0v) is 15.6. The van der Waals surface area contributed by atoms with Gasteiger partial charge in [0.15, 0.2) is 0 Å². The Bertz CT molecular complexity index is 1110. The summed E-state index contributed by atoms with van der Waals surface area (Å²) in [7, 11) is 1.30. The normalized spacial score (nSPS) is 12.3. The number of hydrogen-bond donors (Lipinski definition) is 0. The Morgan fingerprint density at radius 3 is 2.56 bits per heavy atom. The lowest BCUT2D eigenvalue weighted by Gasteiger charge is -2.31. The molecule has 6 nitrogen and oxygen atoms in total. The number of pyridine rings is 1. The predicted molar refractivity (Wildman–Crippen MR) is 103 cm³/mol. The fourth-order valence-corrected chi connectivity index (χ4v) is 4.26. The van der Waals surface area contributed by atoms with Crippen molar-refractivity contribution in [3.05, 3.63) is 69.3 Å². The molecule has 1 aliphatic heterocycles. The van der Waals surface area contributed by atoms with Crippen molar-refractivity contribution in [2.45, 2.75) is 13.5 Å². The molecule has 0 saturated carbocycles. The molecule has 3 aromatic rings. The summed E-state index contributed by atoms with van der Waals surface area (Å²) in [6.07, 6.45) is 0. The van der Waals surface area contributed by atoms with Gasteiger partial charge in [0.1, 0.15) is 0 Å². The number of aromatic nitrogens is 1. The topological polar surface area (TPSA) is 68.6 Å². The van der Waals surface area contributed by atoms with Gasteiger partial charge in [0, 0.05) is 12.5 Å². The number of benzene rings is 1. The Kier molecular flexibility index (Phi) is 4.16. The van der Waals surface area contributed by atoms with Crippen molar-refractivity contribution in [2.75, 3.05) is 12.1 Å². The van der Waals surface area contributed by atoms with E-state index in [1.165, 1.54) is 35.1 Å². The lowest BCUT2D eigenvalue weighted by Crippen LogP contribution is -2.48. The standard InChI is InChI=1S/C20H16N2O4S/c1-12(23)21-11-14-8-9-27-18(14)17-16(20(25)26-2)10-15(19(24)22(17)21)13-6-4-3-5-7-13/h3-10H,11H2,1-2H3. The maximum absolute atomic E-state index is 13.3. The third-order valence-corrected chi connectivity index (χ3v) is 5.52. The number of ether oxygens (including phenoxy) is 1. The maximum Gasteiger partial charge on any atom is 0.340 e. The van der Waals surface area contributed by atoms with Crippen LogP contribution in [0.15, 0.2) is 52.6 Å². The number of amides is 1. The number of esters is 1. The van der Waals surface area contributed by atoms with E-state index in [9.17, 15) is 14.4 Å². The van der Waals surface area contributed by atoms with E-state index in [0.717, 1.165) is 10.4 Å². The van der Waals surface area contributed by atoms with Crippen LogP contribution in [0.5, 0.6) is 0 Å². The number of nitrogens with zero attached hydrogens (tertiary/aromatic N) is 2. The summed E-state index contributed by atoms with van der Waals surface area (Å²) in [5.41, 5.74) is 2.21. The molecule has 0 N–H and O–H groups in total. The van der Waals surface area contributed by atoms with E-state index in [2.05, 4.69) is 0 Å². The smallest absolute Gasteiger partial charge is 0.340 e. The van der Waals surface area contributed by atoms with Crippen molar-refractivity contribution in [3.8, 4) is 21.7 Å². The quantitative estimate of drug-likeness (QED) is 0.641. The number of carbonyl (C=O) groups excluding carboxylic acids is 2. The number of carbonyl (C=O) groups is 2. The Morgan fingerprint density at radius 2 is 1.89 bits per heavy atom. The molecule has 3 heterocycles. The van der Waals surface area contributed by atoms with Crippen molar-refractivity contribution < 1.29 is 14.3 Å². The third kappa shape index (κ3) is 2.67. The van der Waals surface area contributed by atoms with E-state index < -0.39 is 5.97 Å². The van der Waals surface area contributed by atoms with Crippen LogP contribution in [-0.4, -0.2) is 23.7 Å². The van der Waals surface area contributed by atoms with E-state index >= 15 is 0 Å². The predicted octanol–water partition coefficient (Wildman–Crippen LogP) is 3.03. The lowest BCUT2D eigenvalue weighted by molar-refractivity contribution is -0.118. The highest BCUT2D eigenvalue weighted by Gasteiger charge is 2.32. The maximum atomic E-state index is 13.3. The van der Waals surface area contributed by atoms with Crippen molar-refractivity contribution in [3.63, 3.8) is 0 Å². The number of fused-ring (bicyclic) bond motifs is 3. The van der Waals surface area contributed by atoms with Crippen molar-refractivity contribution in [1.29, 1.82) is 0 Å². The molecule has 1 aliphatic rings. The van der Waals surface area contributed by atoms with Crippen LogP contribution < -0.4 is 10.6 Å². The number of thiophene rings is 1. The van der Waals surface area contributed by atoms with E-state index in [1.807, 2.05) is 29.6 Å². The third-order valence-electron chi connectivity index (χ3n) is 4.56. The summed E-state index contributed by atoms with van der Waals surface area (Å²) in [5.74, 6) is -0.836. The van der Waals surface area contributed by atoms with Crippen LogP contribution >= 0.6 is 11.3 Å². The molecule has 0 radical (unpaired) electrons. The molecule has 1 amide bonds. The van der Waals surface area contributed by atoms with Crippen LogP contribution in [0.2, 0.25) is 0 Å². The van der Waals surface area contributed by atoms with Crippen LogP contribution in [0.3, 0.4) is 0 Å². The van der Waals surface area contributed by atoms with E-state index in [4.69, 9.17) is 4.74 Å². The molecule has 0 aliphatic carbocycles. The summed E-state index contributed by atoms with van der Waals surface area (Å²) in [5, 5.41) is 3.25. The first kappa shape index (κ1) is 17.2. The van der Waals surface area contributed by atoms with Gasteiger partial charge in [-0.2, -0.15) is 0 Å². The molecule has 0 saturated heterocycles. The van der Waals surface area contributed by atoms with Gasteiger partial charge < -0.3 is 4.74 Å². The van der Waals surface area contributed by atoms with Gasteiger partial charge >= 0.3 is 5.97 Å². The zero-order chi connectivity index (χ0) is 19.1. The lowest BCUT2D eigenvalue weighted by atomic mass is 10.0. The van der Waals surface area contributed by atoms with Gasteiger partial charge in [0.05, 0.1) is 29.8 Å². The fraction of sp³-hybridized carbons (Fsp3) is 0.150. The molecular weight excluding hydrogens is 364 g/mol. The minimum Gasteiger partial charge on any atom is -0.465 e.